The van der Waals surface area contributed by atoms with E-state index in [0.29, 0.717) is 0 Å². The quantitative estimate of drug-likeness (QED) is 0.187. The molecule has 3 nitrogen and oxygen atoms in total. The van der Waals surface area contributed by atoms with Crippen molar-refractivity contribution in [3.8, 4) is 22.4 Å². The molecule has 0 N–H and O–H groups in total. The van der Waals surface area contributed by atoms with Crippen LogP contribution >= 0.6 is 11.3 Å². The van der Waals surface area contributed by atoms with Gasteiger partial charge in [-0.3, -0.25) is 4.98 Å². The number of hydrogen-bond donors (Lipinski definition) is 0. The summed E-state index contributed by atoms with van der Waals surface area (Å²) >= 11 is 1.82. The van der Waals surface area contributed by atoms with Crippen molar-refractivity contribution in [2.45, 2.75) is 0 Å². The molecule has 0 aliphatic carbocycles. The Labute approximate surface area is 286 Å². The number of aromatic nitrogens is 1. The second-order valence-corrected chi connectivity index (χ2v) is 13.5. The van der Waals surface area contributed by atoms with Crippen molar-refractivity contribution in [1.82, 2.24) is 4.98 Å². The smallest absolute Gasteiger partial charge is 0.135 e. The van der Waals surface area contributed by atoms with Gasteiger partial charge in [-0.1, -0.05) is 97.1 Å². The molecule has 3 aromatic heterocycles. The standard InChI is InChI=1S/C45H28N2OS/c1-2-8-32-27-33(14-13-29(32)7-1)30-15-19-34(20-16-30)47(36-23-24-41-39(28-36)37-9-3-5-11-40(37)48-41)35-21-17-31(18-22-35)45-44-38-10-4-6-12-42(38)49-43(44)25-26-46-45/h1-28H. The third-order valence-electron chi connectivity index (χ3n) is 9.51. The maximum Gasteiger partial charge on any atom is 0.135 e. The molecule has 0 saturated carbocycles. The Hall–Kier alpha value is -6.23. The summed E-state index contributed by atoms with van der Waals surface area (Å²) in [6.07, 6.45) is 1.93. The summed E-state index contributed by atoms with van der Waals surface area (Å²) in [6.45, 7) is 0. The molecular formula is C45H28N2OS. The van der Waals surface area contributed by atoms with Gasteiger partial charge in [0.25, 0.3) is 0 Å². The van der Waals surface area contributed by atoms with Crippen LogP contribution in [0.1, 0.15) is 0 Å². The lowest BCUT2D eigenvalue weighted by molar-refractivity contribution is 0.669. The van der Waals surface area contributed by atoms with Crippen LogP contribution in [0.15, 0.2) is 174 Å². The fourth-order valence-electron chi connectivity index (χ4n) is 7.13. The molecule has 49 heavy (non-hydrogen) atoms. The Morgan fingerprint density at radius 1 is 0.449 bits per heavy atom. The van der Waals surface area contributed by atoms with Crippen LogP contribution < -0.4 is 4.90 Å². The van der Waals surface area contributed by atoms with E-state index in [4.69, 9.17) is 9.40 Å². The Kier molecular flexibility index (Phi) is 6.36. The van der Waals surface area contributed by atoms with Crippen molar-refractivity contribution >= 4 is 81.3 Å². The Morgan fingerprint density at radius 3 is 1.94 bits per heavy atom. The second-order valence-electron chi connectivity index (χ2n) is 12.4. The molecule has 10 aromatic rings. The Balaban J connectivity index is 1.09. The van der Waals surface area contributed by atoms with Gasteiger partial charge in [0.2, 0.25) is 0 Å². The number of benzene rings is 7. The molecule has 3 heterocycles. The van der Waals surface area contributed by atoms with Gasteiger partial charge in [0.1, 0.15) is 11.2 Å². The van der Waals surface area contributed by atoms with Crippen molar-refractivity contribution in [1.29, 1.82) is 0 Å². The molecule has 0 spiro atoms. The highest BCUT2D eigenvalue weighted by atomic mass is 32.1. The third-order valence-corrected chi connectivity index (χ3v) is 10.7. The normalized spacial score (nSPS) is 11.7. The van der Waals surface area contributed by atoms with Crippen molar-refractivity contribution < 1.29 is 4.42 Å². The number of rotatable bonds is 5. The Bertz CT molecular complexity index is 2830. The first-order chi connectivity index (χ1) is 24.3. The molecular weight excluding hydrogens is 617 g/mol. The summed E-state index contributed by atoms with van der Waals surface area (Å²) in [7, 11) is 0. The van der Waals surface area contributed by atoms with Crippen LogP contribution in [0.5, 0.6) is 0 Å². The minimum absolute atomic E-state index is 0.883. The molecule has 0 unspecified atom stereocenters. The van der Waals surface area contributed by atoms with Crippen LogP contribution in [0.3, 0.4) is 0 Å². The minimum Gasteiger partial charge on any atom is -0.456 e. The zero-order chi connectivity index (χ0) is 32.3. The van der Waals surface area contributed by atoms with E-state index in [-0.39, 0.29) is 0 Å². The molecule has 0 atom stereocenters. The lowest BCUT2D eigenvalue weighted by Gasteiger charge is -2.26. The molecule has 0 radical (unpaired) electrons. The van der Waals surface area contributed by atoms with Crippen molar-refractivity contribution in [2.24, 2.45) is 0 Å². The predicted molar refractivity (Wildman–Crippen MR) is 207 cm³/mol. The summed E-state index contributed by atoms with van der Waals surface area (Å²) in [5, 5.41) is 7.18. The molecule has 0 fully saturated rings. The average molecular weight is 645 g/mol. The minimum atomic E-state index is 0.883. The first-order valence-corrected chi connectivity index (χ1v) is 17.3. The van der Waals surface area contributed by atoms with Gasteiger partial charge in [0, 0.05) is 59.8 Å². The largest absolute Gasteiger partial charge is 0.456 e. The number of pyridine rings is 1. The second kappa shape index (κ2) is 11.2. The molecule has 0 aliphatic heterocycles. The number of hydrogen-bond acceptors (Lipinski definition) is 4. The fourth-order valence-corrected chi connectivity index (χ4v) is 8.23. The monoisotopic (exact) mass is 644 g/mol. The number of thiophene rings is 1. The van der Waals surface area contributed by atoms with Crippen LogP contribution in [0, 0.1) is 0 Å². The first-order valence-electron chi connectivity index (χ1n) is 16.4. The van der Waals surface area contributed by atoms with Gasteiger partial charge in [0.05, 0.1) is 5.69 Å². The van der Waals surface area contributed by atoms with Gasteiger partial charge in [-0.2, -0.15) is 0 Å². The molecule has 10 rings (SSSR count). The van der Waals surface area contributed by atoms with E-state index in [2.05, 4.69) is 157 Å². The van der Waals surface area contributed by atoms with Crippen LogP contribution in [-0.2, 0) is 0 Å². The van der Waals surface area contributed by atoms with Crippen LogP contribution in [-0.4, -0.2) is 4.98 Å². The highest BCUT2D eigenvalue weighted by molar-refractivity contribution is 7.25. The lowest BCUT2D eigenvalue weighted by atomic mass is 10.0. The molecule has 0 saturated heterocycles. The third kappa shape index (κ3) is 4.68. The number of fused-ring (bicyclic) bond motifs is 7. The SMILES string of the molecule is c1ccc2cc(-c3ccc(N(c4ccc(-c5nccc6sc7ccccc7c56)cc4)c4ccc5oc6ccccc6c5c4)cc3)ccc2c1. The Morgan fingerprint density at radius 2 is 1.10 bits per heavy atom. The van der Waals surface area contributed by atoms with Crippen molar-refractivity contribution in [3.63, 3.8) is 0 Å². The predicted octanol–water partition coefficient (Wildman–Crippen LogP) is 13.3. The van der Waals surface area contributed by atoms with Crippen LogP contribution in [0.25, 0.3) is 75.3 Å². The lowest BCUT2D eigenvalue weighted by Crippen LogP contribution is -2.09. The van der Waals surface area contributed by atoms with Gasteiger partial charge >= 0.3 is 0 Å². The highest BCUT2D eigenvalue weighted by Gasteiger charge is 2.17. The maximum atomic E-state index is 6.19. The van der Waals surface area contributed by atoms with E-state index in [9.17, 15) is 0 Å². The summed E-state index contributed by atoms with van der Waals surface area (Å²) < 4.78 is 8.73. The van der Waals surface area contributed by atoms with E-state index in [1.807, 2.05) is 29.7 Å². The number of furan rings is 1. The van der Waals surface area contributed by atoms with Gasteiger partial charge in [-0.05, 0) is 88.6 Å². The van der Waals surface area contributed by atoms with E-state index in [1.165, 1.54) is 42.1 Å². The maximum absolute atomic E-state index is 6.19. The first kappa shape index (κ1) is 27.8. The average Bonchev–Trinajstić information content (AvgIpc) is 3.74. The highest BCUT2D eigenvalue weighted by Crippen LogP contribution is 2.42. The molecule has 0 amide bonds. The van der Waals surface area contributed by atoms with Gasteiger partial charge in [0.15, 0.2) is 0 Å². The number of nitrogens with zero attached hydrogens (tertiary/aromatic N) is 2. The summed E-state index contributed by atoms with van der Waals surface area (Å²) in [4.78, 5) is 7.21. The van der Waals surface area contributed by atoms with Gasteiger partial charge in [-0.15, -0.1) is 11.3 Å². The number of anilines is 3. The summed E-state index contributed by atoms with van der Waals surface area (Å²) in [5.41, 5.74) is 9.49. The molecule has 230 valence electrons. The van der Waals surface area contributed by atoms with Crippen LogP contribution in [0.2, 0.25) is 0 Å². The zero-order valence-corrected chi connectivity index (χ0v) is 27.2. The fraction of sp³-hybridized carbons (Fsp3) is 0. The van der Waals surface area contributed by atoms with E-state index >= 15 is 0 Å². The van der Waals surface area contributed by atoms with E-state index in [1.54, 1.807) is 0 Å². The van der Waals surface area contributed by atoms with Gasteiger partial charge < -0.3 is 9.32 Å². The van der Waals surface area contributed by atoms with E-state index < -0.39 is 0 Å². The molecule has 0 aliphatic rings. The molecule has 0 bridgehead atoms. The van der Waals surface area contributed by atoms with Gasteiger partial charge in [-0.25, -0.2) is 0 Å². The van der Waals surface area contributed by atoms with Crippen LogP contribution in [0.4, 0.5) is 17.1 Å². The molecule has 7 aromatic carbocycles. The molecule has 4 heteroatoms. The van der Waals surface area contributed by atoms with Crippen molar-refractivity contribution in [2.75, 3.05) is 4.90 Å². The summed E-state index contributed by atoms with van der Waals surface area (Å²) in [5.74, 6) is 0. The summed E-state index contributed by atoms with van der Waals surface area (Å²) in [6, 6.07) is 58.3. The topological polar surface area (TPSA) is 29.3 Å². The zero-order valence-electron chi connectivity index (χ0n) is 26.4. The van der Waals surface area contributed by atoms with E-state index in [0.717, 1.165) is 50.3 Å². The number of para-hydroxylation sites is 1. The van der Waals surface area contributed by atoms with Crippen molar-refractivity contribution in [3.05, 3.63) is 170 Å².